The molecular weight excluding hydrogens is 310 g/mol. The van der Waals surface area contributed by atoms with Crippen LogP contribution >= 0.6 is 0 Å². The van der Waals surface area contributed by atoms with Gasteiger partial charge < -0.3 is 19.3 Å². The van der Waals surface area contributed by atoms with Crippen molar-refractivity contribution < 1.29 is 19.3 Å². The second-order valence-corrected chi connectivity index (χ2v) is 5.74. The quantitative estimate of drug-likeness (QED) is 0.437. The van der Waals surface area contributed by atoms with Gasteiger partial charge in [0.25, 0.3) is 5.56 Å². The van der Waals surface area contributed by atoms with Gasteiger partial charge in [-0.1, -0.05) is 5.11 Å². The van der Waals surface area contributed by atoms with E-state index in [0.29, 0.717) is 0 Å². The highest BCUT2D eigenvalue weighted by Crippen LogP contribution is 2.48. The molecule has 0 spiro atoms. The lowest BCUT2D eigenvalue weighted by Crippen LogP contribution is -2.44. The molecule has 2 aliphatic rings. The fourth-order valence-corrected chi connectivity index (χ4v) is 2.85. The Morgan fingerprint density at radius 3 is 2.78 bits per heavy atom. The maximum atomic E-state index is 12.0. The minimum Gasteiger partial charge on any atom is -0.393 e. The molecule has 11 nitrogen and oxygen atoms in total. The maximum Gasteiger partial charge on any atom is 0.330 e. The zero-order chi connectivity index (χ0) is 16.8. The lowest BCUT2D eigenvalue weighted by Gasteiger charge is -2.29. The minimum atomic E-state index is -1.73. The molecule has 3 rings (SSSR count). The van der Waals surface area contributed by atoms with Crippen molar-refractivity contribution in [3.63, 3.8) is 0 Å². The third kappa shape index (κ3) is 2.44. The van der Waals surface area contributed by atoms with Crippen molar-refractivity contribution in [1.82, 2.24) is 9.55 Å². The van der Waals surface area contributed by atoms with Crippen LogP contribution in [0.1, 0.15) is 20.1 Å². The summed E-state index contributed by atoms with van der Waals surface area (Å²) in [6.07, 6.45) is -1.53. The second-order valence-electron chi connectivity index (χ2n) is 5.74. The molecule has 2 saturated heterocycles. The topological polar surface area (TPSA) is 152 Å². The number of rotatable bonds is 3. The standard InChI is InChI=1S/C12H15N5O6/c1-11(2)21-7-8(22-11)12(5-18,15-16-13)23-9(7)17-4-3-6(19)14-10(17)20/h3-4,7-9,18H,5H2,1-2H3,(H,14,19,20)/t7-,8+,9-,12-/m1/s1. The molecule has 3 heterocycles. The third-order valence-corrected chi connectivity index (χ3v) is 3.75. The minimum absolute atomic E-state index is 0.562. The van der Waals surface area contributed by atoms with Gasteiger partial charge in [0.05, 0.1) is 6.61 Å². The van der Waals surface area contributed by atoms with Crippen LogP contribution in [0.2, 0.25) is 0 Å². The number of aliphatic hydroxyl groups excluding tert-OH is 1. The summed E-state index contributed by atoms with van der Waals surface area (Å²) in [7, 11) is 0. The molecule has 0 amide bonds. The summed E-state index contributed by atoms with van der Waals surface area (Å²) in [5.74, 6) is -1.02. The molecule has 2 fully saturated rings. The van der Waals surface area contributed by atoms with Crippen LogP contribution in [0.25, 0.3) is 10.4 Å². The van der Waals surface area contributed by atoms with Crippen LogP contribution in [0.5, 0.6) is 0 Å². The third-order valence-electron chi connectivity index (χ3n) is 3.75. The molecule has 0 aromatic carbocycles. The van der Waals surface area contributed by atoms with Gasteiger partial charge in [0.1, 0.15) is 12.2 Å². The number of fused-ring (bicyclic) bond motifs is 1. The number of hydrogen-bond donors (Lipinski definition) is 2. The van der Waals surface area contributed by atoms with Gasteiger partial charge in [-0.25, -0.2) is 4.79 Å². The van der Waals surface area contributed by atoms with Crippen molar-refractivity contribution in [1.29, 1.82) is 0 Å². The van der Waals surface area contributed by atoms with Crippen LogP contribution in [0.3, 0.4) is 0 Å². The predicted octanol–water partition coefficient (Wildman–Crippen LogP) is -0.416. The van der Waals surface area contributed by atoms with Gasteiger partial charge in [-0.3, -0.25) is 14.3 Å². The van der Waals surface area contributed by atoms with Crippen LogP contribution < -0.4 is 11.2 Å². The highest BCUT2D eigenvalue weighted by molar-refractivity contribution is 5.05. The van der Waals surface area contributed by atoms with E-state index in [2.05, 4.69) is 15.0 Å². The number of aromatic nitrogens is 2. The molecule has 0 unspecified atom stereocenters. The largest absolute Gasteiger partial charge is 0.393 e. The highest BCUT2D eigenvalue weighted by atomic mass is 16.8. The molecule has 2 aliphatic heterocycles. The Hall–Kier alpha value is -2.17. The molecule has 124 valence electrons. The van der Waals surface area contributed by atoms with Gasteiger partial charge in [-0.2, -0.15) is 0 Å². The molecule has 0 bridgehead atoms. The molecule has 0 radical (unpaired) electrons. The smallest absolute Gasteiger partial charge is 0.330 e. The Morgan fingerprint density at radius 1 is 1.43 bits per heavy atom. The summed E-state index contributed by atoms with van der Waals surface area (Å²) in [5.41, 5.74) is 5.77. The summed E-state index contributed by atoms with van der Waals surface area (Å²) >= 11 is 0. The van der Waals surface area contributed by atoms with Crippen molar-refractivity contribution in [2.24, 2.45) is 5.11 Å². The Balaban J connectivity index is 2.10. The normalized spacial score (nSPS) is 34.8. The lowest BCUT2D eigenvalue weighted by atomic mass is 10.1. The van der Waals surface area contributed by atoms with Crippen molar-refractivity contribution in [2.45, 2.75) is 43.8 Å². The number of nitrogens with zero attached hydrogens (tertiary/aromatic N) is 4. The van der Waals surface area contributed by atoms with Gasteiger partial charge in [-0.05, 0) is 19.4 Å². The molecule has 0 aliphatic carbocycles. The van der Waals surface area contributed by atoms with Gasteiger partial charge in [-0.15, -0.1) is 0 Å². The average molecular weight is 325 g/mol. The van der Waals surface area contributed by atoms with Crippen LogP contribution in [-0.2, 0) is 14.2 Å². The van der Waals surface area contributed by atoms with E-state index >= 15 is 0 Å². The Bertz CT molecular complexity index is 781. The number of nitrogens with one attached hydrogen (secondary N) is 1. The first kappa shape index (κ1) is 15.7. The zero-order valence-corrected chi connectivity index (χ0v) is 12.4. The van der Waals surface area contributed by atoms with E-state index in [1.807, 2.05) is 0 Å². The number of azide groups is 1. The van der Waals surface area contributed by atoms with Crippen molar-refractivity contribution >= 4 is 0 Å². The molecule has 1 aromatic rings. The van der Waals surface area contributed by atoms with Crippen LogP contribution in [-0.4, -0.2) is 45.0 Å². The van der Waals surface area contributed by atoms with E-state index in [1.54, 1.807) is 13.8 Å². The van der Waals surface area contributed by atoms with E-state index in [4.69, 9.17) is 19.7 Å². The molecular formula is C12H15N5O6. The average Bonchev–Trinajstić information content (AvgIpc) is 2.93. The molecule has 1 aromatic heterocycles. The number of hydrogen-bond acceptors (Lipinski definition) is 7. The fourth-order valence-electron chi connectivity index (χ4n) is 2.85. The zero-order valence-electron chi connectivity index (χ0n) is 12.4. The SMILES string of the molecule is CC1(C)O[C@H]2[C@H](n3ccc(=O)[nH]c3=O)O[C@@](CO)(N=[N+]=[N-])[C@H]2O1. The lowest BCUT2D eigenvalue weighted by molar-refractivity contribution is -0.226. The van der Waals surface area contributed by atoms with Crippen molar-refractivity contribution in [3.05, 3.63) is 43.5 Å². The summed E-state index contributed by atoms with van der Waals surface area (Å²) < 4.78 is 18.1. The Morgan fingerprint density at radius 2 is 2.17 bits per heavy atom. The first-order valence-corrected chi connectivity index (χ1v) is 6.84. The second kappa shape index (κ2) is 5.18. The van der Waals surface area contributed by atoms with Crippen molar-refractivity contribution in [3.8, 4) is 0 Å². The molecule has 23 heavy (non-hydrogen) atoms. The van der Waals surface area contributed by atoms with E-state index in [0.717, 1.165) is 10.6 Å². The Kier molecular flexibility index (Phi) is 3.54. The van der Waals surface area contributed by atoms with E-state index < -0.39 is 47.8 Å². The summed E-state index contributed by atoms with van der Waals surface area (Å²) in [5, 5.41) is 13.2. The molecule has 4 atom stereocenters. The van der Waals surface area contributed by atoms with Gasteiger partial charge in [0.2, 0.25) is 5.72 Å². The molecule has 11 heteroatoms. The number of aliphatic hydroxyl groups is 1. The van der Waals surface area contributed by atoms with E-state index in [9.17, 15) is 14.7 Å². The maximum absolute atomic E-state index is 12.0. The van der Waals surface area contributed by atoms with E-state index in [1.165, 1.54) is 6.20 Å². The molecule has 2 N–H and O–H groups in total. The van der Waals surface area contributed by atoms with Gasteiger partial charge in [0, 0.05) is 17.2 Å². The number of H-pyrrole nitrogens is 1. The summed E-state index contributed by atoms with van der Waals surface area (Å²) in [6, 6.07) is 1.15. The number of aromatic amines is 1. The van der Waals surface area contributed by atoms with Gasteiger partial charge in [0.15, 0.2) is 12.0 Å². The monoisotopic (exact) mass is 325 g/mol. The number of ether oxygens (including phenoxy) is 3. The predicted molar refractivity (Wildman–Crippen MR) is 74.2 cm³/mol. The first-order chi connectivity index (χ1) is 10.8. The van der Waals surface area contributed by atoms with Crippen LogP contribution in [0, 0.1) is 0 Å². The first-order valence-electron chi connectivity index (χ1n) is 6.84. The summed E-state index contributed by atoms with van der Waals surface area (Å²) in [4.78, 5) is 28.0. The van der Waals surface area contributed by atoms with Crippen LogP contribution in [0.15, 0.2) is 27.0 Å². The molecule has 0 saturated carbocycles. The highest BCUT2D eigenvalue weighted by Gasteiger charge is 2.63. The van der Waals surface area contributed by atoms with E-state index in [-0.39, 0.29) is 0 Å². The summed E-state index contributed by atoms with van der Waals surface area (Å²) in [6.45, 7) is 2.64. The van der Waals surface area contributed by atoms with Gasteiger partial charge >= 0.3 is 5.69 Å². The van der Waals surface area contributed by atoms with Crippen LogP contribution in [0.4, 0.5) is 0 Å². The Labute approximate surface area is 129 Å². The van der Waals surface area contributed by atoms with Crippen molar-refractivity contribution in [2.75, 3.05) is 6.61 Å². The fraction of sp³-hybridized carbons (Fsp3) is 0.667.